The average molecular weight is 282 g/mol. The highest BCUT2D eigenvalue weighted by Crippen LogP contribution is 2.43. The molecule has 0 unspecified atom stereocenters. The lowest BCUT2D eigenvalue weighted by atomic mass is 9.73. The molecule has 0 saturated carbocycles. The Bertz CT molecular complexity index is 503. The molecule has 2 aliphatic rings. The van der Waals surface area contributed by atoms with Gasteiger partial charge in [0.05, 0.1) is 10.7 Å². The second kappa shape index (κ2) is 4.69. The Morgan fingerprint density at radius 2 is 2.00 bits per heavy atom. The number of benzene rings is 1. The number of carbonyl (C=O) groups is 1. The molecular weight excluding hydrogens is 266 g/mol. The van der Waals surface area contributed by atoms with E-state index in [0.29, 0.717) is 10.4 Å². The summed E-state index contributed by atoms with van der Waals surface area (Å²) in [5, 5.41) is 9.59. The molecule has 0 aromatic heterocycles. The number of carboxylic acids is 1. The molecule has 0 aliphatic carbocycles. The fourth-order valence-corrected chi connectivity index (χ4v) is 3.29. The van der Waals surface area contributed by atoms with Crippen molar-refractivity contribution in [2.75, 3.05) is 31.2 Å². The number of aromatic carboxylic acids is 1. The van der Waals surface area contributed by atoms with Crippen molar-refractivity contribution in [3.05, 3.63) is 28.8 Å². The van der Waals surface area contributed by atoms with Gasteiger partial charge in [0.1, 0.15) is 5.56 Å². The lowest BCUT2D eigenvalue weighted by Gasteiger charge is -2.53. The number of anilines is 1. The first-order valence-electron chi connectivity index (χ1n) is 6.46. The minimum absolute atomic E-state index is 0.214. The van der Waals surface area contributed by atoms with Crippen molar-refractivity contribution in [2.24, 2.45) is 5.41 Å². The van der Waals surface area contributed by atoms with Crippen LogP contribution in [-0.2, 0) is 4.74 Å². The molecule has 102 valence electrons. The molecule has 0 amide bonds. The molecule has 5 heteroatoms. The molecule has 1 spiro atoms. The molecule has 2 saturated heterocycles. The molecule has 2 fully saturated rings. The Labute approximate surface area is 116 Å². The SMILES string of the molecule is O=C(O)c1c(Cl)cccc1N1CC2(CCOCC2)C1. The molecule has 0 atom stereocenters. The van der Waals surface area contributed by atoms with Crippen molar-refractivity contribution >= 4 is 23.3 Å². The van der Waals surface area contributed by atoms with E-state index in [2.05, 4.69) is 4.90 Å². The number of carboxylic acid groups (broad SMARTS) is 1. The largest absolute Gasteiger partial charge is 0.478 e. The number of ether oxygens (including phenoxy) is 1. The molecule has 1 N–H and O–H groups in total. The van der Waals surface area contributed by atoms with Gasteiger partial charge in [-0.05, 0) is 25.0 Å². The number of hydrogen-bond donors (Lipinski definition) is 1. The van der Waals surface area contributed by atoms with Crippen LogP contribution in [0.25, 0.3) is 0 Å². The monoisotopic (exact) mass is 281 g/mol. The Balaban J connectivity index is 1.82. The normalized spacial score (nSPS) is 21.2. The smallest absolute Gasteiger partial charge is 0.339 e. The first kappa shape index (κ1) is 12.8. The third kappa shape index (κ3) is 2.19. The molecule has 0 radical (unpaired) electrons. The van der Waals surface area contributed by atoms with E-state index in [1.807, 2.05) is 6.07 Å². The highest BCUT2D eigenvalue weighted by molar-refractivity contribution is 6.34. The van der Waals surface area contributed by atoms with E-state index < -0.39 is 5.97 Å². The van der Waals surface area contributed by atoms with Crippen molar-refractivity contribution < 1.29 is 14.6 Å². The van der Waals surface area contributed by atoms with Crippen molar-refractivity contribution in [3.63, 3.8) is 0 Å². The summed E-state index contributed by atoms with van der Waals surface area (Å²) in [6.07, 6.45) is 2.12. The van der Waals surface area contributed by atoms with Crippen LogP contribution in [0.4, 0.5) is 5.69 Å². The second-order valence-electron chi connectivity index (χ2n) is 5.41. The predicted molar refractivity (Wildman–Crippen MR) is 73.1 cm³/mol. The fraction of sp³-hybridized carbons (Fsp3) is 0.500. The van der Waals surface area contributed by atoms with Crippen molar-refractivity contribution in [3.8, 4) is 0 Å². The Morgan fingerprint density at radius 1 is 1.32 bits per heavy atom. The highest BCUT2D eigenvalue weighted by atomic mass is 35.5. The summed E-state index contributed by atoms with van der Waals surface area (Å²) in [5.41, 5.74) is 1.26. The average Bonchev–Trinajstić information content (AvgIpc) is 2.36. The maximum absolute atomic E-state index is 11.3. The summed E-state index contributed by atoms with van der Waals surface area (Å²) in [5.74, 6) is -0.964. The van der Waals surface area contributed by atoms with Gasteiger partial charge in [0.25, 0.3) is 0 Å². The van der Waals surface area contributed by atoms with Gasteiger partial charge in [0.2, 0.25) is 0 Å². The van der Waals surface area contributed by atoms with E-state index in [1.165, 1.54) is 0 Å². The van der Waals surface area contributed by atoms with Crippen molar-refractivity contribution in [2.45, 2.75) is 12.8 Å². The molecule has 4 nitrogen and oxygen atoms in total. The zero-order valence-electron chi connectivity index (χ0n) is 10.6. The number of nitrogens with zero attached hydrogens (tertiary/aromatic N) is 1. The van der Waals surface area contributed by atoms with Crippen molar-refractivity contribution in [1.82, 2.24) is 0 Å². The van der Waals surface area contributed by atoms with E-state index >= 15 is 0 Å². The summed E-state index contributed by atoms with van der Waals surface area (Å²) in [6, 6.07) is 5.26. The van der Waals surface area contributed by atoms with E-state index in [9.17, 15) is 9.90 Å². The number of halogens is 1. The van der Waals surface area contributed by atoms with E-state index in [1.54, 1.807) is 12.1 Å². The Kier molecular flexibility index (Phi) is 3.15. The predicted octanol–water partition coefficient (Wildman–Crippen LogP) is 2.66. The van der Waals surface area contributed by atoms with E-state index in [4.69, 9.17) is 16.3 Å². The van der Waals surface area contributed by atoms with Gasteiger partial charge in [-0.1, -0.05) is 17.7 Å². The summed E-state index contributed by atoms with van der Waals surface area (Å²) < 4.78 is 5.39. The van der Waals surface area contributed by atoms with Gasteiger partial charge < -0.3 is 14.7 Å². The lowest BCUT2D eigenvalue weighted by molar-refractivity contribution is -0.000298. The van der Waals surface area contributed by atoms with Gasteiger partial charge >= 0.3 is 5.97 Å². The van der Waals surface area contributed by atoms with Gasteiger partial charge in [-0.2, -0.15) is 0 Å². The quantitative estimate of drug-likeness (QED) is 0.905. The van der Waals surface area contributed by atoms with Crippen molar-refractivity contribution in [1.29, 1.82) is 0 Å². The number of hydrogen-bond acceptors (Lipinski definition) is 3. The highest BCUT2D eigenvalue weighted by Gasteiger charge is 2.44. The van der Waals surface area contributed by atoms with Gasteiger partial charge in [-0.25, -0.2) is 4.79 Å². The van der Waals surface area contributed by atoms with Crippen LogP contribution in [0.1, 0.15) is 23.2 Å². The third-order valence-corrected chi connectivity index (χ3v) is 4.47. The van der Waals surface area contributed by atoms with Crippen LogP contribution < -0.4 is 4.90 Å². The van der Waals surface area contributed by atoms with Gasteiger partial charge in [-0.15, -0.1) is 0 Å². The van der Waals surface area contributed by atoms with Crippen LogP contribution in [-0.4, -0.2) is 37.4 Å². The topological polar surface area (TPSA) is 49.8 Å². The molecule has 2 aliphatic heterocycles. The molecule has 19 heavy (non-hydrogen) atoms. The van der Waals surface area contributed by atoms with Crippen LogP contribution in [0.15, 0.2) is 18.2 Å². The molecule has 3 rings (SSSR count). The van der Waals surface area contributed by atoms with Crippen LogP contribution in [0, 0.1) is 5.41 Å². The number of rotatable bonds is 2. The van der Waals surface area contributed by atoms with Crippen LogP contribution in [0.5, 0.6) is 0 Å². The zero-order valence-corrected chi connectivity index (χ0v) is 11.3. The van der Waals surface area contributed by atoms with E-state index in [-0.39, 0.29) is 5.56 Å². The standard InChI is InChI=1S/C14H16ClNO3/c15-10-2-1-3-11(12(10)13(17)18)16-8-14(9-16)4-6-19-7-5-14/h1-3H,4-9H2,(H,17,18). The third-order valence-electron chi connectivity index (χ3n) is 4.15. The van der Waals surface area contributed by atoms with Crippen LogP contribution in [0.3, 0.4) is 0 Å². The zero-order chi connectivity index (χ0) is 13.5. The van der Waals surface area contributed by atoms with Crippen LogP contribution in [0.2, 0.25) is 5.02 Å². The minimum atomic E-state index is -0.964. The van der Waals surface area contributed by atoms with Crippen LogP contribution >= 0.6 is 11.6 Å². The maximum atomic E-state index is 11.3. The molecule has 2 heterocycles. The Morgan fingerprint density at radius 3 is 2.63 bits per heavy atom. The Hall–Kier alpha value is -1.26. The first-order chi connectivity index (χ1) is 9.11. The second-order valence-corrected chi connectivity index (χ2v) is 5.81. The molecule has 1 aromatic rings. The molecule has 1 aromatic carbocycles. The van der Waals surface area contributed by atoms with Gasteiger partial charge in [-0.3, -0.25) is 0 Å². The lowest BCUT2D eigenvalue weighted by Crippen LogP contribution is -2.58. The molecular formula is C14H16ClNO3. The van der Waals surface area contributed by atoms with E-state index in [0.717, 1.165) is 44.8 Å². The summed E-state index contributed by atoms with van der Waals surface area (Å²) in [7, 11) is 0. The van der Waals surface area contributed by atoms with Gasteiger partial charge in [0, 0.05) is 31.7 Å². The maximum Gasteiger partial charge on any atom is 0.339 e. The first-order valence-corrected chi connectivity index (χ1v) is 6.84. The summed E-state index contributed by atoms with van der Waals surface area (Å²) in [6.45, 7) is 3.43. The summed E-state index contributed by atoms with van der Waals surface area (Å²) in [4.78, 5) is 13.4. The molecule has 0 bridgehead atoms. The minimum Gasteiger partial charge on any atom is -0.478 e. The van der Waals surface area contributed by atoms with Gasteiger partial charge in [0.15, 0.2) is 0 Å². The summed E-state index contributed by atoms with van der Waals surface area (Å²) >= 11 is 6.00. The fourth-order valence-electron chi connectivity index (χ4n) is 3.04.